The minimum absolute atomic E-state index is 0.339. The van der Waals surface area contributed by atoms with Crippen LogP contribution in [-0.2, 0) is 0 Å². The second kappa shape index (κ2) is 5.40. The van der Waals surface area contributed by atoms with Crippen molar-refractivity contribution in [2.75, 3.05) is 0 Å². The number of halogens is 2. The molecule has 0 heterocycles. The van der Waals surface area contributed by atoms with Gasteiger partial charge in [0.2, 0.25) is 0 Å². The lowest BCUT2D eigenvalue weighted by Gasteiger charge is -2.29. The predicted molar refractivity (Wildman–Crippen MR) is 71.0 cm³/mol. The Morgan fingerprint density at radius 3 is 2.21 bits per heavy atom. The van der Waals surface area contributed by atoms with Crippen molar-refractivity contribution in [3.8, 4) is 0 Å². The molecule has 0 aromatic heterocycles. The smallest absolute Gasteiger partial charge is 0.174 e. The molecule has 1 fully saturated rings. The molecule has 1 aromatic carbocycles. The van der Waals surface area contributed by atoms with E-state index in [0.717, 1.165) is 37.8 Å². The van der Waals surface area contributed by atoms with Crippen LogP contribution >= 0.6 is 0 Å². The molecule has 1 saturated carbocycles. The predicted octanol–water partition coefficient (Wildman–Crippen LogP) is 4.75. The van der Waals surface area contributed by atoms with Crippen LogP contribution in [0.3, 0.4) is 0 Å². The molecule has 0 aliphatic heterocycles. The van der Waals surface area contributed by atoms with Crippen LogP contribution in [0.1, 0.15) is 56.3 Å². The lowest BCUT2D eigenvalue weighted by molar-refractivity contribution is 0.0750. The molecule has 0 radical (unpaired) electrons. The second-order valence-electron chi connectivity index (χ2n) is 6.01. The van der Waals surface area contributed by atoms with E-state index in [2.05, 4.69) is 0 Å². The minimum Gasteiger partial charge on any atom is -0.293 e. The Labute approximate surface area is 113 Å². The fourth-order valence-corrected chi connectivity index (χ4v) is 3.34. The summed E-state index contributed by atoms with van der Waals surface area (Å²) in [6.45, 7) is 4.09. The van der Waals surface area contributed by atoms with Gasteiger partial charge in [-0.1, -0.05) is 32.8 Å². The Kier molecular flexibility index (Phi) is 4.02. The first-order chi connectivity index (χ1) is 8.96. The van der Waals surface area contributed by atoms with E-state index in [4.69, 9.17) is 0 Å². The van der Waals surface area contributed by atoms with Crippen molar-refractivity contribution in [3.63, 3.8) is 0 Å². The van der Waals surface area contributed by atoms with Gasteiger partial charge in [-0.2, -0.15) is 0 Å². The molecule has 1 nitrogen and oxygen atoms in total. The normalized spacial score (nSPS) is 17.9. The van der Waals surface area contributed by atoms with Crippen molar-refractivity contribution in [1.82, 2.24) is 0 Å². The standard InChI is InChI=1S/C16H20F2O/c1-11(2)10-16(8-3-4-9-16)15(19)14-12(17)6-5-7-13(14)18/h5-7,11H,3-4,8-10H2,1-2H3. The van der Waals surface area contributed by atoms with Gasteiger partial charge in [0, 0.05) is 5.41 Å². The lowest BCUT2D eigenvalue weighted by Crippen LogP contribution is -2.31. The first kappa shape index (κ1) is 14.2. The Morgan fingerprint density at radius 1 is 1.21 bits per heavy atom. The van der Waals surface area contributed by atoms with E-state index in [1.165, 1.54) is 6.07 Å². The monoisotopic (exact) mass is 266 g/mol. The van der Waals surface area contributed by atoms with Crippen molar-refractivity contribution in [1.29, 1.82) is 0 Å². The van der Waals surface area contributed by atoms with Crippen LogP contribution in [0.2, 0.25) is 0 Å². The molecule has 0 unspecified atom stereocenters. The number of carbonyl (C=O) groups excluding carboxylic acids is 1. The minimum atomic E-state index is -0.736. The summed E-state index contributed by atoms with van der Waals surface area (Å²) in [4.78, 5) is 12.7. The molecule has 2 rings (SSSR count). The van der Waals surface area contributed by atoms with Crippen LogP contribution in [0.5, 0.6) is 0 Å². The van der Waals surface area contributed by atoms with E-state index in [-0.39, 0.29) is 11.3 Å². The summed E-state index contributed by atoms with van der Waals surface area (Å²) in [5, 5.41) is 0. The maximum atomic E-state index is 13.8. The number of hydrogen-bond acceptors (Lipinski definition) is 1. The lowest BCUT2D eigenvalue weighted by atomic mass is 9.73. The zero-order valence-electron chi connectivity index (χ0n) is 11.5. The van der Waals surface area contributed by atoms with E-state index >= 15 is 0 Å². The van der Waals surface area contributed by atoms with Gasteiger partial charge < -0.3 is 0 Å². The van der Waals surface area contributed by atoms with Crippen LogP contribution in [0, 0.1) is 23.0 Å². The maximum Gasteiger partial charge on any atom is 0.174 e. The molecule has 0 bridgehead atoms. The van der Waals surface area contributed by atoms with E-state index in [1.807, 2.05) is 13.8 Å². The van der Waals surface area contributed by atoms with E-state index in [0.29, 0.717) is 12.3 Å². The molecule has 0 spiro atoms. The summed E-state index contributed by atoms with van der Waals surface area (Å²) in [5.74, 6) is -1.47. The van der Waals surface area contributed by atoms with Gasteiger partial charge in [-0.3, -0.25) is 4.79 Å². The molecule has 104 valence electrons. The summed E-state index contributed by atoms with van der Waals surface area (Å²) in [7, 11) is 0. The zero-order valence-corrected chi connectivity index (χ0v) is 11.5. The van der Waals surface area contributed by atoms with Crippen molar-refractivity contribution >= 4 is 5.78 Å². The van der Waals surface area contributed by atoms with Crippen LogP contribution in [0.25, 0.3) is 0 Å². The molecule has 1 aliphatic carbocycles. The van der Waals surface area contributed by atoms with Crippen LogP contribution in [-0.4, -0.2) is 5.78 Å². The van der Waals surface area contributed by atoms with Gasteiger partial charge in [-0.05, 0) is 37.3 Å². The van der Waals surface area contributed by atoms with Gasteiger partial charge in [0.1, 0.15) is 11.6 Å². The third kappa shape index (κ3) is 2.70. The molecule has 19 heavy (non-hydrogen) atoms. The number of carbonyl (C=O) groups is 1. The SMILES string of the molecule is CC(C)CC1(C(=O)c2c(F)cccc2F)CCCC1. The summed E-state index contributed by atoms with van der Waals surface area (Å²) in [5.41, 5.74) is -0.901. The quantitative estimate of drug-likeness (QED) is 0.718. The molecule has 3 heteroatoms. The van der Waals surface area contributed by atoms with Gasteiger partial charge in [0.25, 0.3) is 0 Å². The van der Waals surface area contributed by atoms with Gasteiger partial charge >= 0.3 is 0 Å². The van der Waals surface area contributed by atoms with Gasteiger partial charge in [-0.25, -0.2) is 8.78 Å². The summed E-state index contributed by atoms with van der Waals surface area (Å²) >= 11 is 0. The first-order valence-electron chi connectivity index (χ1n) is 6.95. The van der Waals surface area contributed by atoms with Crippen LogP contribution < -0.4 is 0 Å². The molecule has 1 aliphatic rings. The summed E-state index contributed by atoms with van der Waals surface area (Å²) in [6.07, 6.45) is 4.14. The van der Waals surface area contributed by atoms with E-state index in [1.54, 1.807) is 0 Å². The van der Waals surface area contributed by atoms with Crippen LogP contribution in [0.15, 0.2) is 18.2 Å². The van der Waals surface area contributed by atoms with Crippen molar-refractivity contribution in [2.24, 2.45) is 11.3 Å². The molecular formula is C16H20F2O. The average Bonchev–Trinajstić information content (AvgIpc) is 2.77. The highest BCUT2D eigenvalue weighted by atomic mass is 19.1. The number of ketones is 1. The highest BCUT2D eigenvalue weighted by Crippen LogP contribution is 2.46. The van der Waals surface area contributed by atoms with Gasteiger partial charge in [0.15, 0.2) is 5.78 Å². The number of rotatable bonds is 4. The summed E-state index contributed by atoms with van der Waals surface area (Å²) < 4.78 is 27.6. The highest BCUT2D eigenvalue weighted by Gasteiger charge is 2.43. The van der Waals surface area contributed by atoms with Crippen LogP contribution in [0.4, 0.5) is 8.78 Å². The zero-order chi connectivity index (χ0) is 14.0. The van der Waals surface area contributed by atoms with Crippen molar-refractivity contribution in [3.05, 3.63) is 35.4 Å². The second-order valence-corrected chi connectivity index (χ2v) is 6.01. The fourth-order valence-electron chi connectivity index (χ4n) is 3.34. The molecule has 0 N–H and O–H groups in total. The molecule has 0 amide bonds. The van der Waals surface area contributed by atoms with E-state index in [9.17, 15) is 13.6 Å². The third-order valence-corrected chi connectivity index (χ3v) is 4.03. The third-order valence-electron chi connectivity index (χ3n) is 4.03. The number of Topliss-reactive ketones (excluding diaryl/α,β-unsaturated/α-hetero) is 1. The Bertz CT molecular complexity index is 453. The summed E-state index contributed by atoms with van der Waals surface area (Å²) in [6, 6.07) is 3.62. The fraction of sp³-hybridized carbons (Fsp3) is 0.562. The molecule has 0 atom stereocenters. The largest absolute Gasteiger partial charge is 0.293 e. The Hall–Kier alpha value is -1.25. The van der Waals surface area contributed by atoms with Gasteiger partial charge in [0.05, 0.1) is 5.56 Å². The Morgan fingerprint density at radius 2 is 1.74 bits per heavy atom. The number of benzene rings is 1. The topological polar surface area (TPSA) is 17.1 Å². The highest BCUT2D eigenvalue weighted by molar-refractivity contribution is 6.01. The van der Waals surface area contributed by atoms with E-state index < -0.39 is 17.0 Å². The van der Waals surface area contributed by atoms with Gasteiger partial charge in [-0.15, -0.1) is 0 Å². The molecule has 0 saturated heterocycles. The molecule has 1 aromatic rings. The molecular weight excluding hydrogens is 246 g/mol. The van der Waals surface area contributed by atoms with Crippen molar-refractivity contribution in [2.45, 2.75) is 46.0 Å². The average molecular weight is 266 g/mol. The maximum absolute atomic E-state index is 13.8. The Balaban J connectivity index is 2.40. The first-order valence-corrected chi connectivity index (χ1v) is 6.95. The number of hydrogen-bond donors (Lipinski definition) is 0. The van der Waals surface area contributed by atoms with Crippen molar-refractivity contribution < 1.29 is 13.6 Å².